The third-order valence-electron chi connectivity index (χ3n) is 4.16. The largest absolute Gasteiger partial charge is 0.492 e. The van der Waals surface area contributed by atoms with Crippen molar-refractivity contribution in [3.63, 3.8) is 0 Å². The standard InChI is InChI=1S/C18H15F4N3O3/c1-23-18(27)25-13-4-5-28-16-14(13)11(21)7-12(22)15(16)17(26)24-8-2-3-9(19)10(20)6-8/h2-3,6-7,13H,4-5H2,1H3,(H,24,26)(H2,23,25,27). The molecule has 3 amide bonds. The number of rotatable bonds is 3. The van der Waals surface area contributed by atoms with Gasteiger partial charge in [0, 0.05) is 31.3 Å². The Morgan fingerprint density at radius 1 is 1.04 bits per heavy atom. The molecule has 1 aliphatic heterocycles. The molecule has 6 nitrogen and oxygen atoms in total. The fraction of sp³-hybridized carbons (Fsp3) is 0.222. The molecule has 0 spiro atoms. The van der Waals surface area contributed by atoms with Gasteiger partial charge in [0.2, 0.25) is 0 Å². The number of carbonyl (C=O) groups excluding carboxylic acids is 2. The molecule has 148 valence electrons. The van der Waals surface area contributed by atoms with Crippen molar-refractivity contribution < 1.29 is 31.9 Å². The number of halogens is 4. The number of hydrogen-bond acceptors (Lipinski definition) is 3. The second-order valence-electron chi connectivity index (χ2n) is 5.95. The SMILES string of the molecule is CNC(=O)NC1CCOc2c(C(=O)Nc3ccc(F)c(F)c3)c(F)cc(F)c21. The minimum absolute atomic E-state index is 0.00396. The molecule has 2 aromatic carbocycles. The van der Waals surface area contributed by atoms with Gasteiger partial charge < -0.3 is 20.7 Å². The lowest BCUT2D eigenvalue weighted by atomic mass is 9.96. The summed E-state index contributed by atoms with van der Waals surface area (Å²) in [5.41, 5.74) is -0.909. The van der Waals surface area contributed by atoms with Crippen molar-refractivity contribution in [2.75, 3.05) is 19.0 Å². The van der Waals surface area contributed by atoms with E-state index in [2.05, 4.69) is 16.0 Å². The molecular formula is C18H15F4N3O3. The van der Waals surface area contributed by atoms with Gasteiger partial charge in [-0.05, 0) is 12.1 Å². The molecular weight excluding hydrogens is 382 g/mol. The van der Waals surface area contributed by atoms with Crippen molar-refractivity contribution in [2.45, 2.75) is 12.5 Å². The Kier molecular flexibility index (Phi) is 5.39. The summed E-state index contributed by atoms with van der Waals surface area (Å²) in [5.74, 6) is -5.90. The zero-order valence-corrected chi connectivity index (χ0v) is 14.5. The van der Waals surface area contributed by atoms with Crippen LogP contribution in [0, 0.1) is 23.3 Å². The summed E-state index contributed by atoms with van der Waals surface area (Å²) in [6, 6.07) is 1.67. The molecule has 0 saturated heterocycles. The van der Waals surface area contributed by atoms with Crippen molar-refractivity contribution in [2.24, 2.45) is 0 Å². The lowest BCUT2D eigenvalue weighted by Gasteiger charge is -2.28. The average molecular weight is 397 g/mol. The zero-order valence-electron chi connectivity index (χ0n) is 14.5. The Bertz CT molecular complexity index is 952. The van der Waals surface area contributed by atoms with Gasteiger partial charge in [-0.25, -0.2) is 22.4 Å². The first-order chi connectivity index (χ1) is 13.3. The highest BCUT2D eigenvalue weighted by atomic mass is 19.2. The van der Waals surface area contributed by atoms with Crippen LogP contribution < -0.4 is 20.7 Å². The highest BCUT2D eigenvalue weighted by molar-refractivity contribution is 6.06. The summed E-state index contributed by atoms with van der Waals surface area (Å²) in [6.45, 7) is -0.00396. The molecule has 1 atom stereocenters. The number of benzene rings is 2. The topological polar surface area (TPSA) is 79.5 Å². The van der Waals surface area contributed by atoms with E-state index in [4.69, 9.17) is 4.74 Å². The molecule has 0 aromatic heterocycles. The molecule has 3 rings (SSSR count). The smallest absolute Gasteiger partial charge is 0.315 e. The molecule has 1 aliphatic rings. The van der Waals surface area contributed by atoms with E-state index in [0.29, 0.717) is 6.07 Å². The number of nitrogens with one attached hydrogen (secondary N) is 3. The van der Waals surface area contributed by atoms with Gasteiger partial charge in [-0.3, -0.25) is 4.79 Å². The van der Waals surface area contributed by atoms with Crippen LogP contribution >= 0.6 is 0 Å². The molecule has 0 fully saturated rings. The van der Waals surface area contributed by atoms with Crippen molar-refractivity contribution >= 4 is 17.6 Å². The highest BCUT2D eigenvalue weighted by Gasteiger charge is 2.33. The van der Waals surface area contributed by atoms with Crippen molar-refractivity contribution in [1.82, 2.24) is 10.6 Å². The number of amides is 3. The Labute approximate surface area is 156 Å². The van der Waals surface area contributed by atoms with Crippen molar-refractivity contribution in [3.05, 3.63) is 58.7 Å². The van der Waals surface area contributed by atoms with E-state index in [1.807, 2.05) is 0 Å². The summed E-state index contributed by atoms with van der Waals surface area (Å²) in [4.78, 5) is 24.1. The molecule has 1 heterocycles. The number of hydrogen-bond donors (Lipinski definition) is 3. The Balaban J connectivity index is 1.99. The monoisotopic (exact) mass is 397 g/mol. The van der Waals surface area contributed by atoms with Gasteiger partial charge in [0.1, 0.15) is 22.9 Å². The van der Waals surface area contributed by atoms with Gasteiger partial charge in [-0.2, -0.15) is 0 Å². The van der Waals surface area contributed by atoms with E-state index in [9.17, 15) is 27.2 Å². The minimum atomic E-state index is -1.20. The lowest BCUT2D eigenvalue weighted by Crippen LogP contribution is -2.38. The highest BCUT2D eigenvalue weighted by Crippen LogP contribution is 2.38. The van der Waals surface area contributed by atoms with Gasteiger partial charge >= 0.3 is 6.03 Å². The Morgan fingerprint density at radius 2 is 1.79 bits per heavy atom. The van der Waals surface area contributed by atoms with E-state index in [1.54, 1.807) is 0 Å². The molecule has 2 aromatic rings. The van der Waals surface area contributed by atoms with Crippen LogP contribution in [0.25, 0.3) is 0 Å². The van der Waals surface area contributed by atoms with E-state index in [1.165, 1.54) is 7.05 Å². The molecule has 0 radical (unpaired) electrons. The Hall–Kier alpha value is -3.30. The van der Waals surface area contributed by atoms with Crippen LogP contribution in [0.2, 0.25) is 0 Å². The van der Waals surface area contributed by atoms with Crippen molar-refractivity contribution in [1.29, 1.82) is 0 Å². The fourth-order valence-electron chi connectivity index (χ4n) is 2.86. The fourth-order valence-corrected chi connectivity index (χ4v) is 2.86. The molecule has 0 aliphatic carbocycles. The first-order valence-corrected chi connectivity index (χ1v) is 8.21. The van der Waals surface area contributed by atoms with Crippen LogP contribution in [0.15, 0.2) is 24.3 Å². The van der Waals surface area contributed by atoms with E-state index >= 15 is 0 Å². The summed E-state index contributed by atoms with van der Waals surface area (Å²) >= 11 is 0. The summed E-state index contributed by atoms with van der Waals surface area (Å²) < 4.78 is 60.4. The van der Waals surface area contributed by atoms with Crippen LogP contribution in [-0.2, 0) is 0 Å². The second-order valence-corrected chi connectivity index (χ2v) is 5.95. The normalized spacial score (nSPS) is 15.2. The first-order valence-electron chi connectivity index (χ1n) is 8.21. The van der Waals surface area contributed by atoms with E-state index < -0.39 is 46.8 Å². The van der Waals surface area contributed by atoms with Crippen LogP contribution in [0.5, 0.6) is 5.75 Å². The summed E-state index contributed by atoms with van der Waals surface area (Å²) in [6.07, 6.45) is 0.202. The number of urea groups is 1. The van der Waals surface area contributed by atoms with Crippen molar-refractivity contribution in [3.8, 4) is 5.75 Å². The molecule has 28 heavy (non-hydrogen) atoms. The number of anilines is 1. The summed E-state index contributed by atoms with van der Waals surface area (Å²) in [5, 5.41) is 7.04. The molecule has 1 unspecified atom stereocenters. The lowest BCUT2D eigenvalue weighted by molar-refractivity contribution is 0.101. The third-order valence-corrected chi connectivity index (χ3v) is 4.16. The number of fused-ring (bicyclic) bond motifs is 1. The molecule has 10 heteroatoms. The maximum Gasteiger partial charge on any atom is 0.315 e. The Morgan fingerprint density at radius 3 is 2.46 bits per heavy atom. The van der Waals surface area contributed by atoms with Gasteiger partial charge in [0.25, 0.3) is 5.91 Å². The van der Waals surface area contributed by atoms with Gasteiger partial charge in [0.05, 0.1) is 18.2 Å². The maximum atomic E-state index is 14.4. The first kappa shape index (κ1) is 19.5. The van der Waals surface area contributed by atoms with Gasteiger partial charge in [0.15, 0.2) is 11.6 Å². The molecule has 3 N–H and O–H groups in total. The van der Waals surface area contributed by atoms with Crippen LogP contribution in [0.1, 0.15) is 28.4 Å². The van der Waals surface area contributed by atoms with Crippen LogP contribution in [-0.4, -0.2) is 25.6 Å². The number of carbonyl (C=O) groups is 2. The van der Waals surface area contributed by atoms with Crippen LogP contribution in [0.4, 0.5) is 28.0 Å². The predicted octanol–water partition coefficient (Wildman–Crippen LogP) is 3.25. The van der Waals surface area contributed by atoms with Gasteiger partial charge in [-0.15, -0.1) is 0 Å². The maximum absolute atomic E-state index is 14.4. The third kappa shape index (κ3) is 3.71. The molecule has 0 bridgehead atoms. The van der Waals surface area contributed by atoms with E-state index in [-0.39, 0.29) is 30.0 Å². The minimum Gasteiger partial charge on any atom is -0.492 e. The quantitative estimate of drug-likeness (QED) is 0.696. The predicted molar refractivity (Wildman–Crippen MR) is 91.1 cm³/mol. The molecule has 0 saturated carbocycles. The average Bonchev–Trinajstić information content (AvgIpc) is 2.64. The number of ether oxygens (including phenoxy) is 1. The second kappa shape index (κ2) is 7.75. The zero-order chi connectivity index (χ0) is 20.4. The summed E-state index contributed by atoms with van der Waals surface area (Å²) in [7, 11) is 1.37. The van der Waals surface area contributed by atoms with E-state index in [0.717, 1.165) is 18.2 Å². The van der Waals surface area contributed by atoms with Gasteiger partial charge in [-0.1, -0.05) is 0 Å². The van der Waals surface area contributed by atoms with Crippen LogP contribution in [0.3, 0.4) is 0 Å².